The fourth-order valence-electron chi connectivity index (χ4n) is 2.94. The second-order valence-corrected chi connectivity index (χ2v) is 5.15. The molecule has 2 aliphatic rings. The molecule has 17 heavy (non-hydrogen) atoms. The molecule has 4 nitrogen and oxygen atoms in total. The van der Waals surface area contributed by atoms with E-state index in [2.05, 4.69) is 9.80 Å². The number of hydrogen-bond donors (Lipinski definition) is 1. The topological polar surface area (TPSA) is 35.9 Å². The molecule has 100 valence electrons. The molecule has 1 atom stereocenters. The van der Waals surface area contributed by atoms with Gasteiger partial charge in [0.15, 0.2) is 0 Å². The van der Waals surface area contributed by atoms with Crippen molar-refractivity contribution in [3.8, 4) is 0 Å². The average Bonchev–Trinajstić information content (AvgIpc) is 2.82. The molecule has 0 aromatic carbocycles. The third-order valence-corrected chi connectivity index (χ3v) is 4.00. The van der Waals surface area contributed by atoms with Crippen molar-refractivity contribution >= 4 is 0 Å². The van der Waals surface area contributed by atoms with Crippen molar-refractivity contribution in [2.24, 2.45) is 0 Å². The molecular weight excluding hydrogens is 216 g/mol. The van der Waals surface area contributed by atoms with Crippen molar-refractivity contribution in [3.05, 3.63) is 0 Å². The van der Waals surface area contributed by atoms with Crippen LogP contribution in [-0.4, -0.2) is 73.5 Å². The summed E-state index contributed by atoms with van der Waals surface area (Å²) in [5.41, 5.74) is 0. The van der Waals surface area contributed by atoms with Gasteiger partial charge in [0.2, 0.25) is 0 Å². The standard InChI is InChI=1S/C13H26N2O2/c16-10-2-4-13-3-1-5-15(13)7-6-14-8-11-17-12-9-14/h13,16H,1-12H2. The number of rotatable bonds is 6. The molecule has 2 saturated heterocycles. The van der Waals surface area contributed by atoms with Crippen LogP contribution < -0.4 is 0 Å². The summed E-state index contributed by atoms with van der Waals surface area (Å²) in [6.45, 7) is 7.94. The smallest absolute Gasteiger partial charge is 0.0594 e. The van der Waals surface area contributed by atoms with Gasteiger partial charge in [-0.3, -0.25) is 9.80 Å². The van der Waals surface area contributed by atoms with Gasteiger partial charge in [0, 0.05) is 38.8 Å². The third kappa shape index (κ3) is 4.21. The molecular formula is C13H26N2O2. The van der Waals surface area contributed by atoms with E-state index in [1.165, 1.54) is 38.9 Å². The molecule has 1 N–H and O–H groups in total. The van der Waals surface area contributed by atoms with Crippen molar-refractivity contribution < 1.29 is 9.84 Å². The first kappa shape index (κ1) is 13.3. The maximum absolute atomic E-state index is 8.91. The Kier molecular flexibility index (Phi) is 5.71. The van der Waals surface area contributed by atoms with Crippen molar-refractivity contribution in [1.29, 1.82) is 0 Å². The molecule has 0 aliphatic carbocycles. The summed E-state index contributed by atoms with van der Waals surface area (Å²) in [6, 6.07) is 0.725. The lowest BCUT2D eigenvalue weighted by Crippen LogP contribution is -2.42. The molecule has 0 saturated carbocycles. The van der Waals surface area contributed by atoms with Crippen LogP contribution in [0.2, 0.25) is 0 Å². The second-order valence-electron chi connectivity index (χ2n) is 5.15. The Morgan fingerprint density at radius 3 is 2.71 bits per heavy atom. The van der Waals surface area contributed by atoms with E-state index < -0.39 is 0 Å². The van der Waals surface area contributed by atoms with Gasteiger partial charge in [-0.05, 0) is 32.2 Å². The summed E-state index contributed by atoms with van der Waals surface area (Å²) in [7, 11) is 0. The summed E-state index contributed by atoms with van der Waals surface area (Å²) in [5.74, 6) is 0. The van der Waals surface area contributed by atoms with Gasteiger partial charge in [0.05, 0.1) is 13.2 Å². The third-order valence-electron chi connectivity index (χ3n) is 4.00. The van der Waals surface area contributed by atoms with Gasteiger partial charge in [0.1, 0.15) is 0 Å². The minimum absolute atomic E-state index is 0.341. The monoisotopic (exact) mass is 242 g/mol. The molecule has 0 bridgehead atoms. The van der Waals surface area contributed by atoms with E-state index in [-0.39, 0.29) is 0 Å². The van der Waals surface area contributed by atoms with Crippen LogP contribution in [0.15, 0.2) is 0 Å². The minimum Gasteiger partial charge on any atom is -0.396 e. The minimum atomic E-state index is 0.341. The molecule has 0 aromatic heterocycles. The van der Waals surface area contributed by atoms with Gasteiger partial charge >= 0.3 is 0 Å². The van der Waals surface area contributed by atoms with Gasteiger partial charge in [-0.2, -0.15) is 0 Å². The van der Waals surface area contributed by atoms with Crippen LogP contribution in [0.1, 0.15) is 25.7 Å². The Morgan fingerprint density at radius 1 is 1.12 bits per heavy atom. The van der Waals surface area contributed by atoms with E-state index >= 15 is 0 Å². The maximum atomic E-state index is 8.91. The van der Waals surface area contributed by atoms with Crippen LogP contribution in [0.25, 0.3) is 0 Å². The molecule has 0 amide bonds. The summed E-state index contributed by atoms with van der Waals surface area (Å²) in [6.07, 6.45) is 4.78. The Hall–Kier alpha value is -0.160. The Bertz CT molecular complexity index is 208. The largest absolute Gasteiger partial charge is 0.396 e. The predicted molar refractivity (Wildman–Crippen MR) is 68.2 cm³/mol. The highest BCUT2D eigenvalue weighted by Crippen LogP contribution is 2.20. The van der Waals surface area contributed by atoms with E-state index in [0.717, 1.165) is 38.8 Å². The molecule has 0 aromatic rings. The van der Waals surface area contributed by atoms with Gasteiger partial charge in [0.25, 0.3) is 0 Å². The molecule has 2 aliphatic heterocycles. The van der Waals surface area contributed by atoms with Crippen molar-refractivity contribution in [2.75, 3.05) is 52.5 Å². The molecule has 2 fully saturated rings. The van der Waals surface area contributed by atoms with Crippen LogP contribution >= 0.6 is 0 Å². The molecule has 4 heteroatoms. The first-order valence-corrected chi connectivity index (χ1v) is 7.05. The van der Waals surface area contributed by atoms with Gasteiger partial charge < -0.3 is 9.84 Å². The van der Waals surface area contributed by atoms with Gasteiger partial charge in [-0.1, -0.05) is 0 Å². The summed E-state index contributed by atoms with van der Waals surface area (Å²) >= 11 is 0. The number of likely N-dealkylation sites (tertiary alicyclic amines) is 1. The Labute approximate surface area is 105 Å². The van der Waals surface area contributed by atoms with Crippen LogP contribution in [-0.2, 0) is 4.74 Å². The summed E-state index contributed by atoms with van der Waals surface area (Å²) in [4.78, 5) is 5.12. The Morgan fingerprint density at radius 2 is 1.94 bits per heavy atom. The quantitative estimate of drug-likeness (QED) is 0.738. The fourth-order valence-corrected chi connectivity index (χ4v) is 2.94. The van der Waals surface area contributed by atoms with Gasteiger partial charge in [-0.15, -0.1) is 0 Å². The molecule has 0 radical (unpaired) electrons. The lowest BCUT2D eigenvalue weighted by Gasteiger charge is -2.30. The first-order chi connectivity index (χ1) is 8.40. The maximum Gasteiger partial charge on any atom is 0.0594 e. The van der Waals surface area contributed by atoms with Gasteiger partial charge in [-0.25, -0.2) is 0 Å². The SMILES string of the molecule is OCCCC1CCCN1CCN1CCOCC1. The van der Waals surface area contributed by atoms with E-state index in [1.54, 1.807) is 0 Å². The normalized spacial score (nSPS) is 27.7. The lowest BCUT2D eigenvalue weighted by molar-refractivity contribution is 0.0324. The molecule has 1 unspecified atom stereocenters. The number of ether oxygens (including phenoxy) is 1. The zero-order valence-corrected chi connectivity index (χ0v) is 10.8. The summed E-state index contributed by atoms with van der Waals surface area (Å²) in [5, 5.41) is 8.91. The average molecular weight is 242 g/mol. The van der Waals surface area contributed by atoms with E-state index in [1.807, 2.05) is 0 Å². The molecule has 2 rings (SSSR count). The number of aliphatic hydroxyl groups excluding tert-OH is 1. The highest BCUT2D eigenvalue weighted by atomic mass is 16.5. The van der Waals surface area contributed by atoms with Crippen molar-refractivity contribution in [1.82, 2.24) is 9.80 Å². The van der Waals surface area contributed by atoms with E-state index in [0.29, 0.717) is 6.61 Å². The highest BCUT2D eigenvalue weighted by Gasteiger charge is 2.24. The fraction of sp³-hybridized carbons (Fsp3) is 1.00. The first-order valence-electron chi connectivity index (χ1n) is 7.05. The van der Waals surface area contributed by atoms with Crippen LogP contribution in [0.5, 0.6) is 0 Å². The van der Waals surface area contributed by atoms with Crippen LogP contribution in [0.3, 0.4) is 0 Å². The number of morpholine rings is 1. The zero-order valence-electron chi connectivity index (χ0n) is 10.8. The van der Waals surface area contributed by atoms with Crippen molar-refractivity contribution in [2.45, 2.75) is 31.7 Å². The second kappa shape index (κ2) is 7.31. The lowest BCUT2D eigenvalue weighted by atomic mass is 10.1. The zero-order chi connectivity index (χ0) is 11.9. The summed E-state index contributed by atoms with van der Waals surface area (Å²) < 4.78 is 5.36. The van der Waals surface area contributed by atoms with E-state index in [9.17, 15) is 0 Å². The number of aliphatic hydroxyl groups is 1. The van der Waals surface area contributed by atoms with E-state index in [4.69, 9.17) is 9.84 Å². The predicted octanol–water partition coefficient (Wildman–Crippen LogP) is 0.556. The van der Waals surface area contributed by atoms with Crippen molar-refractivity contribution in [3.63, 3.8) is 0 Å². The van der Waals surface area contributed by atoms with Crippen LogP contribution in [0, 0.1) is 0 Å². The van der Waals surface area contributed by atoms with Crippen LogP contribution in [0.4, 0.5) is 0 Å². The molecule has 2 heterocycles. The number of hydrogen-bond acceptors (Lipinski definition) is 4. The molecule has 0 spiro atoms. The highest BCUT2D eigenvalue weighted by molar-refractivity contribution is 4.80. The number of nitrogens with zero attached hydrogens (tertiary/aromatic N) is 2. The Balaban J connectivity index is 1.66.